The summed E-state index contributed by atoms with van der Waals surface area (Å²) in [4.78, 5) is 18.4. The summed E-state index contributed by atoms with van der Waals surface area (Å²) in [6.07, 6.45) is 3.31. The minimum atomic E-state index is -3.25. The lowest BCUT2D eigenvalue weighted by atomic mass is 9.48. The molecule has 0 aromatic carbocycles. The van der Waals surface area contributed by atoms with Crippen LogP contribution >= 0.6 is 0 Å². The van der Waals surface area contributed by atoms with Crippen molar-refractivity contribution in [1.82, 2.24) is 4.98 Å². The summed E-state index contributed by atoms with van der Waals surface area (Å²) in [5.41, 5.74) is 5.27. The van der Waals surface area contributed by atoms with Crippen LogP contribution in [0.25, 0.3) is 0 Å². The number of nitrogens with zero attached hydrogens (tertiary/aromatic N) is 2. The number of anilines is 1. The van der Waals surface area contributed by atoms with Crippen LogP contribution in [0.3, 0.4) is 0 Å². The van der Waals surface area contributed by atoms with Gasteiger partial charge in [0.15, 0.2) is 9.84 Å². The van der Waals surface area contributed by atoms with Gasteiger partial charge in [-0.25, -0.2) is 13.4 Å². The van der Waals surface area contributed by atoms with Crippen molar-refractivity contribution in [3.8, 4) is 0 Å². The van der Waals surface area contributed by atoms with Crippen LogP contribution in [0, 0.1) is 16.7 Å². The third-order valence-electron chi connectivity index (χ3n) is 5.22. The monoisotopic (exact) mass is 323 g/mol. The molecule has 1 amide bonds. The molecule has 2 N–H and O–H groups in total. The predicted molar refractivity (Wildman–Crippen MR) is 83.1 cm³/mol. The zero-order valence-corrected chi connectivity index (χ0v) is 13.9. The fourth-order valence-electron chi connectivity index (χ4n) is 4.18. The summed E-state index contributed by atoms with van der Waals surface area (Å²) in [6, 6.07) is 3.25. The Balaban J connectivity index is 1.88. The molecule has 0 radical (unpaired) electrons. The number of pyridine rings is 1. The molecule has 0 bridgehead atoms. The zero-order valence-electron chi connectivity index (χ0n) is 13.0. The minimum absolute atomic E-state index is 0.0937. The van der Waals surface area contributed by atoms with Crippen LogP contribution in [0.5, 0.6) is 0 Å². The van der Waals surface area contributed by atoms with Crippen LogP contribution in [0.2, 0.25) is 0 Å². The van der Waals surface area contributed by atoms with E-state index >= 15 is 0 Å². The van der Waals surface area contributed by atoms with Gasteiger partial charge in [0.1, 0.15) is 5.82 Å². The molecule has 6 nitrogen and oxygen atoms in total. The van der Waals surface area contributed by atoms with E-state index in [9.17, 15) is 13.2 Å². The molecule has 1 aromatic heterocycles. The number of sulfone groups is 1. The molecule has 3 rings (SSSR count). The maximum absolute atomic E-state index is 11.9. The first-order valence-corrected chi connectivity index (χ1v) is 9.16. The summed E-state index contributed by atoms with van der Waals surface area (Å²) >= 11 is 0. The fourth-order valence-corrected chi connectivity index (χ4v) is 4.74. The number of hydrogen-bond acceptors (Lipinski definition) is 5. The number of hydrogen-bond donors (Lipinski definition) is 1. The zero-order chi connectivity index (χ0) is 16.3. The second-order valence-corrected chi connectivity index (χ2v) is 9.26. The van der Waals surface area contributed by atoms with Crippen LogP contribution in [-0.4, -0.2) is 38.7 Å². The van der Waals surface area contributed by atoms with Gasteiger partial charge in [-0.05, 0) is 29.9 Å². The van der Waals surface area contributed by atoms with Crippen molar-refractivity contribution < 1.29 is 13.2 Å². The lowest BCUT2D eigenvalue weighted by Gasteiger charge is -2.54. The Labute approximate surface area is 130 Å². The van der Waals surface area contributed by atoms with E-state index in [4.69, 9.17) is 5.73 Å². The third kappa shape index (κ3) is 2.10. The SMILES string of the molecule is CC1(C)C[C@]2(C(N)=O)CN(c3ccc(S(C)(=O)=O)cn3)C[C@H]12. The quantitative estimate of drug-likeness (QED) is 0.889. The molecular weight excluding hydrogens is 302 g/mol. The largest absolute Gasteiger partial charge is 0.369 e. The number of primary amides is 1. The number of fused-ring (bicyclic) bond motifs is 1. The Bertz CT molecular complexity index is 727. The second kappa shape index (κ2) is 4.44. The average Bonchev–Trinajstić information content (AvgIpc) is 2.74. The molecule has 1 aliphatic carbocycles. The number of nitrogens with two attached hydrogens (primary N) is 1. The average molecular weight is 323 g/mol. The summed E-state index contributed by atoms with van der Waals surface area (Å²) in [5, 5.41) is 0. The third-order valence-corrected chi connectivity index (χ3v) is 6.32. The van der Waals surface area contributed by atoms with Crippen LogP contribution < -0.4 is 10.6 Å². The van der Waals surface area contributed by atoms with Crippen molar-refractivity contribution in [1.29, 1.82) is 0 Å². The number of amides is 1. The summed E-state index contributed by atoms with van der Waals surface area (Å²) in [7, 11) is -3.25. The second-order valence-electron chi connectivity index (χ2n) is 7.24. The van der Waals surface area contributed by atoms with Gasteiger partial charge in [-0.2, -0.15) is 0 Å². The number of rotatable bonds is 3. The van der Waals surface area contributed by atoms with Gasteiger partial charge in [-0.3, -0.25) is 4.79 Å². The van der Waals surface area contributed by atoms with Crippen LogP contribution in [-0.2, 0) is 14.6 Å². The number of aromatic nitrogens is 1. The van der Waals surface area contributed by atoms with Crippen molar-refractivity contribution in [3.05, 3.63) is 18.3 Å². The van der Waals surface area contributed by atoms with Crippen LogP contribution in [0.1, 0.15) is 20.3 Å². The molecule has 120 valence electrons. The first-order chi connectivity index (χ1) is 10.1. The molecular formula is C15H21N3O3S. The van der Waals surface area contributed by atoms with Crippen molar-refractivity contribution in [2.24, 2.45) is 22.5 Å². The molecule has 22 heavy (non-hydrogen) atoms. The van der Waals surface area contributed by atoms with E-state index in [0.29, 0.717) is 12.4 Å². The lowest BCUT2D eigenvalue weighted by Crippen LogP contribution is -2.59. The van der Waals surface area contributed by atoms with Gasteiger partial charge in [-0.1, -0.05) is 13.8 Å². The van der Waals surface area contributed by atoms with Gasteiger partial charge in [0.25, 0.3) is 0 Å². The van der Waals surface area contributed by atoms with Gasteiger partial charge < -0.3 is 10.6 Å². The number of carbonyl (C=O) groups excluding carboxylic acids is 1. The van der Waals surface area contributed by atoms with Gasteiger partial charge in [0.2, 0.25) is 5.91 Å². The van der Waals surface area contributed by atoms with E-state index < -0.39 is 15.3 Å². The van der Waals surface area contributed by atoms with E-state index in [0.717, 1.165) is 19.2 Å². The Morgan fingerprint density at radius 3 is 2.50 bits per heavy atom. The minimum Gasteiger partial charge on any atom is -0.369 e. The van der Waals surface area contributed by atoms with Crippen molar-refractivity contribution in [3.63, 3.8) is 0 Å². The van der Waals surface area contributed by atoms with Gasteiger partial charge in [0, 0.05) is 25.5 Å². The lowest BCUT2D eigenvalue weighted by molar-refractivity contribution is -0.148. The summed E-state index contributed by atoms with van der Waals surface area (Å²) in [5.74, 6) is 0.666. The standard InChI is InChI=1S/C15H21N3O3S/c1-14(2)8-15(13(16)19)9-18(7-11(14)15)12-5-4-10(6-17-12)22(3,20)21/h4-6,11H,7-9H2,1-3H3,(H2,16,19)/t11-,15+/m1/s1. The highest BCUT2D eigenvalue weighted by Gasteiger charge is 2.66. The van der Waals surface area contributed by atoms with E-state index in [2.05, 4.69) is 18.8 Å². The molecule has 7 heteroatoms. The normalized spacial score (nSPS) is 29.8. The fraction of sp³-hybridized carbons (Fsp3) is 0.600. The maximum Gasteiger partial charge on any atom is 0.225 e. The molecule has 1 saturated heterocycles. The molecule has 2 aliphatic rings. The molecule has 1 saturated carbocycles. The van der Waals surface area contributed by atoms with Crippen molar-refractivity contribution in [2.45, 2.75) is 25.2 Å². The Morgan fingerprint density at radius 1 is 1.41 bits per heavy atom. The van der Waals surface area contributed by atoms with E-state index in [1.807, 2.05) is 4.90 Å². The highest BCUT2D eigenvalue weighted by molar-refractivity contribution is 7.90. The van der Waals surface area contributed by atoms with E-state index in [1.165, 1.54) is 6.20 Å². The summed E-state index contributed by atoms with van der Waals surface area (Å²) in [6.45, 7) is 5.59. The Kier molecular flexibility index (Phi) is 3.08. The van der Waals surface area contributed by atoms with Gasteiger partial charge in [-0.15, -0.1) is 0 Å². The topological polar surface area (TPSA) is 93.4 Å². The number of carbonyl (C=O) groups is 1. The first kappa shape index (κ1) is 15.3. The molecule has 2 heterocycles. The highest BCUT2D eigenvalue weighted by Crippen LogP contribution is 2.62. The molecule has 1 aliphatic heterocycles. The molecule has 0 spiro atoms. The maximum atomic E-state index is 11.9. The summed E-state index contributed by atoms with van der Waals surface area (Å²) < 4.78 is 23.0. The van der Waals surface area contributed by atoms with Gasteiger partial charge >= 0.3 is 0 Å². The van der Waals surface area contributed by atoms with Crippen LogP contribution in [0.15, 0.2) is 23.2 Å². The smallest absolute Gasteiger partial charge is 0.225 e. The molecule has 1 aromatic rings. The van der Waals surface area contributed by atoms with Crippen molar-refractivity contribution in [2.75, 3.05) is 24.2 Å². The Morgan fingerprint density at radius 2 is 2.09 bits per heavy atom. The van der Waals surface area contributed by atoms with Crippen molar-refractivity contribution >= 4 is 21.6 Å². The molecule has 2 atom stereocenters. The van der Waals surface area contributed by atoms with E-state index in [-0.39, 0.29) is 22.1 Å². The molecule has 2 fully saturated rings. The first-order valence-electron chi connectivity index (χ1n) is 7.27. The Hall–Kier alpha value is -1.63. The molecule has 0 unspecified atom stereocenters. The highest BCUT2D eigenvalue weighted by atomic mass is 32.2. The van der Waals surface area contributed by atoms with Gasteiger partial charge in [0.05, 0.1) is 10.3 Å². The van der Waals surface area contributed by atoms with E-state index in [1.54, 1.807) is 12.1 Å². The predicted octanol–water partition coefficient (Wildman–Crippen LogP) is 0.823. The van der Waals surface area contributed by atoms with Crippen LogP contribution in [0.4, 0.5) is 5.82 Å².